The molecular weight excluding hydrogens is 394 g/mol. The highest BCUT2D eigenvalue weighted by Gasteiger charge is 2.42. The molecule has 0 aromatic heterocycles. The van der Waals surface area contributed by atoms with Crippen molar-refractivity contribution in [3.05, 3.63) is 28.3 Å². The number of benzene rings is 1. The van der Waals surface area contributed by atoms with Gasteiger partial charge < -0.3 is 15.2 Å². The molecule has 2 saturated heterocycles. The van der Waals surface area contributed by atoms with Crippen molar-refractivity contribution in [2.24, 2.45) is 0 Å². The lowest BCUT2D eigenvalue weighted by Gasteiger charge is -2.36. The zero-order chi connectivity index (χ0) is 21.2. The molecule has 0 aliphatic carbocycles. The molecule has 0 radical (unpaired) electrons. The van der Waals surface area contributed by atoms with Gasteiger partial charge in [0.05, 0.1) is 12.1 Å². The summed E-state index contributed by atoms with van der Waals surface area (Å²) < 4.78 is 5.44. The normalized spacial score (nSPS) is 24.3. The number of urea groups is 1. The smallest absolute Gasteiger partial charge is 0.322 e. The number of halogens is 1. The van der Waals surface area contributed by atoms with Crippen LogP contribution in [0.25, 0.3) is 0 Å². The molecular formula is C21H30ClN3O4. The third-order valence-electron chi connectivity index (χ3n) is 6.18. The molecule has 3 rings (SSSR count). The quantitative estimate of drug-likeness (QED) is 0.586. The minimum atomic E-state index is -0.952. The number of imide groups is 1. The molecule has 160 valence electrons. The number of likely N-dealkylation sites (tertiary alicyclic amines) is 1. The van der Waals surface area contributed by atoms with Crippen LogP contribution in [0.4, 0.5) is 4.79 Å². The van der Waals surface area contributed by atoms with Gasteiger partial charge in [-0.15, -0.1) is 0 Å². The van der Waals surface area contributed by atoms with E-state index in [-0.39, 0.29) is 5.91 Å². The topological polar surface area (TPSA) is 90.9 Å². The Morgan fingerprint density at radius 2 is 2.03 bits per heavy atom. The SMILES string of the molecule is CCc1cc(C2CCN(C(O)CC[C@@]3(C)NC(=O)NC3=O)CC2)cc(OC)c1Cl. The lowest BCUT2D eigenvalue weighted by atomic mass is 9.87. The Morgan fingerprint density at radius 3 is 2.59 bits per heavy atom. The number of hydrogen-bond donors (Lipinski definition) is 3. The van der Waals surface area contributed by atoms with Crippen LogP contribution in [0.15, 0.2) is 12.1 Å². The number of nitrogens with zero attached hydrogens (tertiary/aromatic N) is 1. The van der Waals surface area contributed by atoms with Crippen LogP contribution in [0, 0.1) is 0 Å². The van der Waals surface area contributed by atoms with Gasteiger partial charge in [-0.25, -0.2) is 4.79 Å². The van der Waals surface area contributed by atoms with Crippen molar-refractivity contribution in [3.8, 4) is 5.75 Å². The van der Waals surface area contributed by atoms with E-state index in [0.717, 1.165) is 37.9 Å². The van der Waals surface area contributed by atoms with Gasteiger partial charge >= 0.3 is 6.03 Å². The number of rotatable bonds is 7. The van der Waals surface area contributed by atoms with Crippen LogP contribution in [0.5, 0.6) is 5.75 Å². The highest BCUT2D eigenvalue weighted by atomic mass is 35.5. The van der Waals surface area contributed by atoms with E-state index in [0.29, 0.717) is 29.5 Å². The first-order valence-corrected chi connectivity index (χ1v) is 10.6. The first kappa shape index (κ1) is 21.9. The average Bonchev–Trinajstić information content (AvgIpc) is 2.98. The van der Waals surface area contributed by atoms with Gasteiger partial charge in [0.2, 0.25) is 0 Å². The van der Waals surface area contributed by atoms with Gasteiger partial charge in [-0.3, -0.25) is 15.0 Å². The van der Waals surface area contributed by atoms with Crippen molar-refractivity contribution in [1.82, 2.24) is 15.5 Å². The van der Waals surface area contributed by atoms with Gasteiger partial charge in [0.15, 0.2) is 0 Å². The van der Waals surface area contributed by atoms with Gasteiger partial charge in [-0.2, -0.15) is 0 Å². The lowest BCUT2D eigenvalue weighted by Crippen LogP contribution is -2.46. The van der Waals surface area contributed by atoms with Gasteiger partial charge in [0.1, 0.15) is 17.5 Å². The largest absolute Gasteiger partial charge is 0.495 e. The maximum Gasteiger partial charge on any atom is 0.322 e. The van der Waals surface area contributed by atoms with Crippen molar-refractivity contribution in [3.63, 3.8) is 0 Å². The predicted molar refractivity (Wildman–Crippen MR) is 111 cm³/mol. The van der Waals surface area contributed by atoms with E-state index in [2.05, 4.69) is 23.6 Å². The Kier molecular flexibility index (Phi) is 6.71. The Morgan fingerprint density at radius 1 is 1.34 bits per heavy atom. The molecule has 1 unspecified atom stereocenters. The molecule has 2 atom stereocenters. The molecule has 2 aliphatic rings. The number of methoxy groups -OCH3 is 1. The van der Waals surface area contributed by atoms with E-state index >= 15 is 0 Å². The van der Waals surface area contributed by atoms with Crippen molar-refractivity contribution in [2.45, 2.75) is 63.6 Å². The van der Waals surface area contributed by atoms with Crippen LogP contribution in [0.3, 0.4) is 0 Å². The summed E-state index contributed by atoms with van der Waals surface area (Å²) in [5, 5.41) is 16.2. The van der Waals surface area contributed by atoms with Crippen LogP contribution in [-0.4, -0.2) is 53.9 Å². The first-order valence-electron chi connectivity index (χ1n) is 10.2. The van der Waals surface area contributed by atoms with Gasteiger partial charge in [0, 0.05) is 13.1 Å². The van der Waals surface area contributed by atoms with Gasteiger partial charge in [0.25, 0.3) is 5.91 Å². The summed E-state index contributed by atoms with van der Waals surface area (Å²) in [5.41, 5.74) is 1.37. The molecule has 2 fully saturated rings. The summed E-state index contributed by atoms with van der Waals surface area (Å²) in [4.78, 5) is 25.3. The fraction of sp³-hybridized carbons (Fsp3) is 0.619. The molecule has 8 heteroatoms. The molecule has 7 nitrogen and oxygen atoms in total. The Labute approximate surface area is 176 Å². The van der Waals surface area contributed by atoms with E-state index in [1.807, 2.05) is 11.0 Å². The number of nitrogens with one attached hydrogen (secondary N) is 2. The number of aliphatic hydroxyl groups excluding tert-OH is 1. The highest BCUT2D eigenvalue weighted by Crippen LogP contribution is 2.37. The number of carbonyl (C=O) groups is 2. The summed E-state index contributed by atoms with van der Waals surface area (Å²) in [7, 11) is 1.64. The number of ether oxygens (including phenoxy) is 1. The summed E-state index contributed by atoms with van der Waals surface area (Å²) in [6, 6.07) is 3.72. The number of aryl methyl sites for hydroxylation is 1. The Bertz CT molecular complexity index is 754. The minimum absolute atomic E-state index is 0.336. The van der Waals surface area contributed by atoms with E-state index < -0.39 is 17.8 Å². The fourth-order valence-electron chi connectivity index (χ4n) is 4.21. The molecule has 2 heterocycles. The average molecular weight is 424 g/mol. The Balaban J connectivity index is 1.56. The molecule has 3 N–H and O–H groups in total. The number of hydrogen-bond acceptors (Lipinski definition) is 5. The zero-order valence-corrected chi connectivity index (χ0v) is 18.0. The van der Waals surface area contributed by atoms with E-state index in [9.17, 15) is 14.7 Å². The molecule has 3 amide bonds. The molecule has 1 aromatic rings. The second kappa shape index (κ2) is 8.90. The molecule has 0 saturated carbocycles. The van der Waals surface area contributed by atoms with E-state index in [4.69, 9.17) is 16.3 Å². The fourth-order valence-corrected chi connectivity index (χ4v) is 4.53. The summed E-state index contributed by atoms with van der Waals surface area (Å²) in [6.45, 7) is 5.31. The van der Waals surface area contributed by atoms with Crippen molar-refractivity contribution in [2.75, 3.05) is 20.2 Å². The highest BCUT2D eigenvalue weighted by molar-refractivity contribution is 6.32. The predicted octanol–water partition coefficient (Wildman–Crippen LogP) is 2.79. The number of aliphatic hydroxyl groups is 1. The number of piperidine rings is 1. The van der Waals surface area contributed by atoms with Crippen molar-refractivity contribution < 1.29 is 19.4 Å². The maximum atomic E-state index is 11.9. The lowest BCUT2D eigenvalue weighted by molar-refractivity contribution is -0.124. The summed E-state index contributed by atoms with van der Waals surface area (Å²) in [5.74, 6) is 0.776. The van der Waals surface area contributed by atoms with Crippen LogP contribution in [0.1, 0.15) is 56.6 Å². The van der Waals surface area contributed by atoms with E-state index in [1.165, 1.54) is 5.56 Å². The third kappa shape index (κ3) is 4.68. The van der Waals surface area contributed by atoms with Crippen LogP contribution in [-0.2, 0) is 11.2 Å². The van der Waals surface area contributed by atoms with E-state index in [1.54, 1.807) is 14.0 Å². The standard InChI is InChI=1S/C21H30ClN3O4/c1-4-13-11-15(12-16(29-3)18(13)22)14-6-9-25(10-7-14)17(26)5-8-21(2)19(27)23-20(28)24-21/h11-12,14,17,26H,4-10H2,1-3H3,(H2,23,24,27,28)/t17?,21-/m1/s1. The summed E-state index contributed by atoms with van der Waals surface area (Å²) in [6.07, 6.45) is 2.88. The number of amides is 3. The minimum Gasteiger partial charge on any atom is -0.495 e. The van der Waals surface area contributed by atoms with Crippen LogP contribution < -0.4 is 15.4 Å². The van der Waals surface area contributed by atoms with Gasteiger partial charge in [-0.05, 0) is 62.1 Å². The molecule has 0 bridgehead atoms. The summed E-state index contributed by atoms with van der Waals surface area (Å²) >= 11 is 6.38. The number of carbonyl (C=O) groups excluding carboxylic acids is 2. The monoisotopic (exact) mass is 423 g/mol. The zero-order valence-electron chi connectivity index (χ0n) is 17.3. The third-order valence-corrected chi connectivity index (χ3v) is 6.61. The Hall–Kier alpha value is -1.83. The van der Waals surface area contributed by atoms with Crippen molar-refractivity contribution in [1.29, 1.82) is 0 Å². The van der Waals surface area contributed by atoms with Gasteiger partial charge in [-0.1, -0.05) is 24.6 Å². The van der Waals surface area contributed by atoms with Crippen LogP contribution in [0.2, 0.25) is 5.02 Å². The molecule has 1 aromatic carbocycles. The molecule has 29 heavy (non-hydrogen) atoms. The van der Waals surface area contributed by atoms with Crippen LogP contribution >= 0.6 is 11.6 Å². The maximum absolute atomic E-state index is 11.9. The molecule has 2 aliphatic heterocycles. The van der Waals surface area contributed by atoms with Crippen molar-refractivity contribution >= 4 is 23.5 Å². The molecule has 0 spiro atoms. The second-order valence-corrected chi connectivity index (χ2v) is 8.50. The first-order chi connectivity index (χ1) is 13.8. The second-order valence-electron chi connectivity index (χ2n) is 8.12.